The third-order valence-corrected chi connectivity index (χ3v) is 1.15. The zero-order valence-corrected chi connectivity index (χ0v) is 5.20. The highest BCUT2D eigenvalue weighted by Crippen LogP contribution is 2.21. The standard InChI is InChI=1S/C6H4ClF2/c7-4-1-5(8)3-6(9)2-4/h1-3,5H. The first-order chi connectivity index (χ1) is 4.18. The Morgan fingerprint density at radius 3 is 2.67 bits per heavy atom. The van der Waals surface area contributed by atoms with Gasteiger partial charge >= 0.3 is 0 Å². The summed E-state index contributed by atoms with van der Waals surface area (Å²) in [5.74, 6) is -0.616. The van der Waals surface area contributed by atoms with Crippen molar-refractivity contribution >= 4 is 11.6 Å². The molecular weight excluding hydrogens is 146 g/mol. The average Bonchev–Trinajstić information content (AvgIpc) is 1.59. The van der Waals surface area contributed by atoms with Gasteiger partial charge in [0.25, 0.3) is 0 Å². The molecule has 0 nitrogen and oxygen atoms in total. The molecule has 9 heavy (non-hydrogen) atoms. The molecule has 0 aromatic carbocycles. The van der Waals surface area contributed by atoms with E-state index in [0.717, 1.165) is 18.6 Å². The van der Waals surface area contributed by atoms with E-state index >= 15 is 0 Å². The quantitative estimate of drug-likeness (QED) is 0.497. The van der Waals surface area contributed by atoms with Crippen LogP contribution in [0, 0.1) is 6.42 Å². The van der Waals surface area contributed by atoms with Crippen LogP contribution in [-0.2, 0) is 0 Å². The second-order valence-electron chi connectivity index (χ2n) is 1.69. The minimum atomic E-state index is -1.37. The Labute approximate surface area is 56.8 Å². The molecule has 0 N–H and O–H groups in total. The third-order valence-electron chi connectivity index (χ3n) is 0.913. The highest BCUT2D eigenvalue weighted by Gasteiger charge is 2.12. The van der Waals surface area contributed by atoms with Gasteiger partial charge in [-0.25, -0.2) is 8.78 Å². The maximum Gasteiger partial charge on any atom is 0.130 e. The molecule has 0 saturated heterocycles. The molecule has 1 atom stereocenters. The lowest BCUT2D eigenvalue weighted by Gasteiger charge is -2.05. The van der Waals surface area contributed by atoms with Crippen molar-refractivity contribution in [1.82, 2.24) is 0 Å². The Balaban J connectivity index is 2.74. The first-order valence-corrected chi connectivity index (χ1v) is 2.80. The summed E-state index contributed by atoms with van der Waals surface area (Å²) >= 11 is 5.29. The third kappa shape index (κ3) is 1.79. The number of alkyl halides is 1. The molecule has 0 aromatic rings. The van der Waals surface area contributed by atoms with Crippen molar-refractivity contribution < 1.29 is 8.78 Å². The molecule has 0 heterocycles. The molecule has 0 bridgehead atoms. The topological polar surface area (TPSA) is 0 Å². The van der Waals surface area contributed by atoms with Crippen LogP contribution in [0.5, 0.6) is 0 Å². The Morgan fingerprint density at radius 1 is 1.56 bits per heavy atom. The van der Waals surface area contributed by atoms with E-state index in [0.29, 0.717) is 0 Å². The lowest BCUT2D eigenvalue weighted by molar-refractivity contribution is 0.429. The number of rotatable bonds is 0. The van der Waals surface area contributed by atoms with Gasteiger partial charge in [-0.1, -0.05) is 11.6 Å². The van der Waals surface area contributed by atoms with Gasteiger partial charge in [0.2, 0.25) is 0 Å². The van der Waals surface area contributed by atoms with E-state index in [1.807, 2.05) is 0 Å². The summed E-state index contributed by atoms with van der Waals surface area (Å²) in [7, 11) is 0. The van der Waals surface area contributed by atoms with E-state index in [-0.39, 0.29) is 5.03 Å². The summed E-state index contributed by atoms with van der Waals surface area (Å²) in [5, 5.41) is 0.113. The number of allylic oxidation sites excluding steroid dienone is 4. The minimum absolute atomic E-state index is 0.113. The summed E-state index contributed by atoms with van der Waals surface area (Å²) in [5.41, 5.74) is 0. The normalized spacial score (nSPS) is 27.2. The van der Waals surface area contributed by atoms with Gasteiger partial charge in [0.05, 0.1) is 6.42 Å². The molecule has 49 valence electrons. The van der Waals surface area contributed by atoms with Gasteiger partial charge in [-0.2, -0.15) is 0 Å². The fraction of sp³-hybridized carbons (Fsp3) is 0.167. The summed E-state index contributed by atoms with van der Waals surface area (Å²) in [6, 6.07) is 0. The number of hydrogen-bond acceptors (Lipinski definition) is 0. The van der Waals surface area contributed by atoms with Gasteiger partial charge < -0.3 is 0 Å². The van der Waals surface area contributed by atoms with Crippen LogP contribution in [0.4, 0.5) is 8.78 Å². The molecular formula is C6H4ClF2. The first kappa shape index (κ1) is 6.75. The fourth-order valence-corrected chi connectivity index (χ4v) is 0.805. The average molecular weight is 150 g/mol. The predicted octanol–water partition coefficient (Wildman–Crippen LogP) is 2.52. The predicted molar refractivity (Wildman–Crippen MR) is 32.3 cm³/mol. The van der Waals surface area contributed by atoms with Crippen LogP contribution in [0.15, 0.2) is 23.0 Å². The molecule has 3 heteroatoms. The van der Waals surface area contributed by atoms with Crippen LogP contribution in [0.25, 0.3) is 0 Å². The van der Waals surface area contributed by atoms with Gasteiger partial charge in [-0.05, 0) is 12.2 Å². The number of halogens is 3. The Bertz CT molecular complexity index is 172. The fourth-order valence-electron chi connectivity index (χ4n) is 0.580. The molecule has 0 amide bonds. The van der Waals surface area contributed by atoms with Crippen LogP contribution in [0.3, 0.4) is 0 Å². The molecule has 0 fully saturated rings. The number of hydrogen-bond donors (Lipinski definition) is 0. The molecule has 1 aliphatic carbocycles. The van der Waals surface area contributed by atoms with E-state index in [1.54, 1.807) is 0 Å². The SMILES string of the molecule is FC1=CC(Cl)=CC(F)[CH]1. The van der Waals surface area contributed by atoms with Crippen LogP contribution in [0.1, 0.15) is 0 Å². The van der Waals surface area contributed by atoms with Crippen molar-refractivity contribution in [3.63, 3.8) is 0 Å². The molecule has 0 spiro atoms. The summed E-state index contributed by atoms with van der Waals surface area (Å²) < 4.78 is 24.3. The van der Waals surface area contributed by atoms with Crippen LogP contribution in [0.2, 0.25) is 0 Å². The second kappa shape index (κ2) is 2.48. The first-order valence-electron chi connectivity index (χ1n) is 2.42. The van der Waals surface area contributed by atoms with Gasteiger partial charge in [0, 0.05) is 5.03 Å². The molecule has 1 radical (unpaired) electrons. The van der Waals surface area contributed by atoms with Gasteiger partial charge in [0.1, 0.15) is 12.0 Å². The maximum atomic E-state index is 12.2. The summed E-state index contributed by atoms with van der Waals surface area (Å²) in [6.07, 6.45) is 1.68. The van der Waals surface area contributed by atoms with Crippen LogP contribution >= 0.6 is 11.6 Å². The lowest BCUT2D eigenvalue weighted by atomic mass is 10.1. The monoisotopic (exact) mass is 149 g/mol. The summed E-state index contributed by atoms with van der Waals surface area (Å²) in [4.78, 5) is 0. The van der Waals surface area contributed by atoms with E-state index in [2.05, 4.69) is 0 Å². The maximum absolute atomic E-state index is 12.2. The lowest BCUT2D eigenvalue weighted by Crippen LogP contribution is -2.01. The molecule has 1 rings (SSSR count). The van der Waals surface area contributed by atoms with Crippen LogP contribution < -0.4 is 0 Å². The highest BCUT2D eigenvalue weighted by molar-refractivity contribution is 6.31. The second-order valence-corrected chi connectivity index (χ2v) is 2.13. The molecule has 0 aliphatic heterocycles. The van der Waals surface area contributed by atoms with Crippen molar-refractivity contribution in [3.8, 4) is 0 Å². The Kier molecular flexibility index (Phi) is 1.86. The molecule has 1 unspecified atom stereocenters. The highest BCUT2D eigenvalue weighted by atomic mass is 35.5. The van der Waals surface area contributed by atoms with E-state index in [1.165, 1.54) is 0 Å². The molecule has 1 aliphatic rings. The van der Waals surface area contributed by atoms with Gasteiger partial charge in [-0.3, -0.25) is 0 Å². The smallest absolute Gasteiger partial charge is 0.130 e. The zero-order valence-electron chi connectivity index (χ0n) is 4.44. The van der Waals surface area contributed by atoms with Crippen LogP contribution in [-0.4, -0.2) is 6.17 Å². The summed E-state index contributed by atoms with van der Waals surface area (Å²) in [6.45, 7) is 0. The molecule has 0 aromatic heterocycles. The molecule has 0 saturated carbocycles. The van der Waals surface area contributed by atoms with Gasteiger partial charge in [0.15, 0.2) is 0 Å². The van der Waals surface area contributed by atoms with E-state index in [9.17, 15) is 8.78 Å². The zero-order chi connectivity index (χ0) is 6.85. The van der Waals surface area contributed by atoms with Crippen molar-refractivity contribution in [2.24, 2.45) is 0 Å². The minimum Gasteiger partial charge on any atom is -0.242 e. The van der Waals surface area contributed by atoms with E-state index in [4.69, 9.17) is 11.6 Å². The van der Waals surface area contributed by atoms with E-state index < -0.39 is 12.0 Å². The Hall–Kier alpha value is -0.370. The van der Waals surface area contributed by atoms with Crippen molar-refractivity contribution in [2.75, 3.05) is 0 Å². The Morgan fingerprint density at radius 2 is 2.22 bits per heavy atom. The van der Waals surface area contributed by atoms with Crippen molar-refractivity contribution in [2.45, 2.75) is 6.17 Å². The van der Waals surface area contributed by atoms with Crippen molar-refractivity contribution in [3.05, 3.63) is 29.4 Å². The van der Waals surface area contributed by atoms with Gasteiger partial charge in [-0.15, -0.1) is 0 Å². The van der Waals surface area contributed by atoms with Crippen molar-refractivity contribution in [1.29, 1.82) is 0 Å². The largest absolute Gasteiger partial charge is 0.242 e.